The summed E-state index contributed by atoms with van der Waals surface area (Å²) in [4.78, 5) is 2.35. The van der Waals surface area contributed by atoms with E-state index < -0.39 is 0 Å². The molecular formula is C13H18N4O. The second kappa shape index (κ2) is 4.49. The quantitative estimate of drug-likeness (QED) is 0.789. The van der Waals surface area contributed by atoms with E-state index in [9.17, 15) is 0 Å². The van der Waals surface area contributed by atoms with Crippen LogP contribution >= 0.6 is 0 Å². The van der Waals surface area contributed by atoms with E-state index in [2.05, 4.69) is 21.2 Å². The van der Waals surface area contributed by atoms with Crippen molar-refractivity contribution in [2.75, 3.05) is 30.9 Å². The zero-order valence-electron chi connectivity index (χ0n) is 10.5. The molecule has 1 saturated carbocycles. The number of anilines is 2. The van der Waals surface area contributed by atoms with Gasteiger partial charge in [-0.3, -0.25) is 5.10 Å². The minimum Gasteiger partial charge on any atom is -0.397 e. The van der Waals surface area contributed by atoms with Gasteiger partial charge >= 0.3 is 0 Å². The number of fused-ring (bicyclic) bond motifs is 1. The Bertz CT molecular complexity index is 547. The van der Waals surface area contributed by atoms with Crippen LogP contribution in [0.1, 0.15) is 12.8 Å². The van der Waals surface area contributed by atoms with Crippen LogP contribution in [0, 0.1) is 0 Å². The number of ether oxygens (including phenoxy) is 1. The molecule has 3 N–H and O–H groups in total. The lowest BCUT2D eigenvalue weighted by Crippen LogP contribution is -2.30. The van der Waals surface area contributed by atoms with Crippen molar-refractivity contribution >= 4 is 22.3 Å². The third-order valence-electron chi connectivity index (χ3n) is 3.42. The summed E-state index contributed by atoms with van der Waals surface area (Å²) in [5, 5.41) is 8.09. The van der Waals surface area contributed by atoms with E-state index in [1.807, 2.05) is 6.07 Å². The van der Waals surface area contributed by atoms with Gasteiger partial charge in [0, 0.05) is 25.1 Å². The molecule has 1 aromatic heterocycles. The fourth-order valence-electron chi connectivity index (χ4n) is 2.32. The molecule has 5 nitrogen and oxygen atoms in total. The van der Waals surface area contributed by atoms with Gasteiger partial charge in [0.25, 0.3) is 0 Å². The average Bonchev–Trinajstić information content (AvgIpc) is 3.09. The van der Waals surface area contributed by atoms with Gasteiger partial charge in [0.1, 0.15) is 0 Å². The second-order valence-electron chi connectivity index (χ2n) is 4.79. The molecule has 0 saturated heterocycles. The van der Waals surface area contributed by atoms with Crippen LogP contribution in [0.5, 0.6) is 0 Å². The Hall–Kier alpha value is -1.75. The molecule has 3 rings (SSSR count). The summed E-state index contributed by atoms with van der Waals surface area (Å²) in [6.07, 6.45) is 4.28. The van der Waals surface area contributed by atoms with Gasteiger partial charge in [-0.15, -0.1) is 0 Å². The maximum absolute atomic E-state index is 6.16. The molecule has 0 amide bonds. The van der Waals surface area contributed by atoms with Crippen molar-refractivity contribution in [3.8, 4) is 0 Å². The Labute approximate surface area is 106 Å². The van der Waals surface area contributed by atoms with Gasteiger partial charge in [0.2, 0.25) is 0 Å². The largest absolute Gasteiger partial charge is 0.397 e. The van der Waals surface area contributed by atoms with E-state index >= 15 is 0 Å². The van der Waals surface area contributed by atoms with E-state index in [1.165, 1.54) is 12.8 Å². The minimum absolute atomic E-state index is 0.614. The van der Waals surface area contributed by atoms with Gasteiger partial charge in [-0.25, -0.2) is 0 Å². The SMILES string of the molecule is COCCN(c1cc2[nH]ncc2cc1N)C1CC1. The molecule has 18 heavy (non-hydrogen) atoms. The van der Waals surface area contributed by atoms with Crippen LogP contribution in [0.15, 0.2) is 18.3 Å². The van der Waals surface area contributed by atoms with Crippen LogP contribution in [-0.4, -0.2) is 36.5 Å². The summed E-state index contributed by atoms with van der Waals surface area (Å²) in [6.45, 7) is 1.60. The molecule has 1 aliphatic carbocycles. The Morgan fingerprint density at radius 3 is 3.06 bits per heavy atom. The molecule has 0 bridgehead atoms. The zero-order valence-corrected chi connectivity index (χ0v) is 10.5. The molecule has 1 heterocycles. The lowest BCUT2D eigenvalue weighted by molar-refractivity contribution is 0.205. The maximum atomic E-state index is 6.16. The molecule has 1 aromatic carbocycles. The number of methoxy groups -OCH3 is 1. The summed E-state index contributed by atoms with van der Waals surface area (Å²) in [5.41, 5.74) is 9.09. The van der Waals surface area contributed by atoms with Crippen LogP contribution in [0.3, 0.4) is 0 Å². The number of H-pyrrole nitrogens is 1. The number of benzene rings is 1. The number of aromatic amines is 1. The number of aromatic nitrogens is 2. The molecule has 0 radical (unpaired) electrons. The molecule has 0 spiro atoms. The smallest absolute Gasteiger partial charge is 0.0672 e. The Kier molecular flexibility index (Phi) is 2.83. The van der Waals surface area contributed by atoms with Gasteiger partial charge < -0.3 is 15.4 Å². The number of hydrogen-bond donors (Lipinski definition) is 2. The number of nitrogens with zero attached hydrogens (tertiary/aromatic N) is 2. The number of nitrogen functional groups attached to an aromatic ring is 1. The molecule has 1 fully saturated rings. The third-order valence-corrected chi connectivity index (χ3v) is 3.42. The predicted molar refractivity (Wildman–Crippen MR) is 72.8 cm³/mol. The van der Waals surface area contributed by atoms with Gasteiger partial charge in [-0.2, -0.15) is 5.10 Å². The molecule has 0 unspecified atom stereocenters. The van der Waals surface area contributed by atoms with Crippen molar-refractivity contribution < 1.29 is 4.74 Å². The number of nitrogens with two attached hydrogens (primary N) is 1. The van der Waals surface area contributed by atoms with Gasteiger partial charge in [-0.05, 0) is 25.0 Å². The van der Waals surface area contributed by atoms with E-state index in [1.54, 1.807) is 13.3 Å². The first-order chi connectivity index (χ1) is 8.79. The van der Waals surface area contributed by atoms with E-state index in [4.69, 9.17) is 10.5 Å². The topological polar surface area (TPSA) is 67.2 Å². The highest BCUT2D eigenvalue weighted by molar-refractivity contribution is 5.89. The maximum Gasteiger partial charge on any atom is 0.0672 e. The Morgan fingerprint density at radius 2 is 2.33 bits per heavy atom. The highest BCUT2D eigenvalue weighted by atomic mass is 16.5. The van der Waals surface area contributed by atoms with E-state index in [-0.39, 0.29) is 0 Å². The highest BCUT2D eigenvalue weighted by Crippen LogP contribution is 2.36. The lowest BCUT2D eigenvalue weighted by Gasteiger charge is -2.25. The Morgan fingerprint density at radius 1 is 1.50 bits per heavy atom. The van der Waals surface area contributed by atoms with Gasteiger partial charge in [0.05, 0.1) is 29.7 Å². The summed E-state index contributed by atoms with van der Waals surface area (Å²) in [7, 11) is 1.73. The molecule has 0 aliphatic heterocycles. The van der Waals surface area contributed by atoms with Crippen molar-refractivity contribution in [2.45, 2.75) is 18.9 Å². The van der Waals surface area contributed by atoms with E-state index in [0.29, 0.717) is 6.04 Å². The number of nitrogens with one attached hydrogen (secondary N) is 1. The van der Waals surface area contributed by atoms with Crippen molar-refractivity contribution in [1.29, 1.82) is 0 Å². The summed E-state index contributed by atoms with van der Waals surface area (Å²) in [5.74, 6) is 0. The number of rotatable bonds is 5. The molecule has 5 heteroatoms. The first kappa shape index (κ1) is 11.3. The molecule has 1 aliphatic rings. The summed E-state index contributed by atoms with van der Waals surface area (Å²) < 4.78 is 5.18. The third kappa shape index (κ3) is 2.01. The molecular weight excluding hydrogens is 228 g/mol. The minimum atomic E-state index is 0.614. The Balaban J connectivity index is 1.96. The lowest BCUT2D eigenvalue weighted by atomic mass is 10.2. The molecule has 96 valence electrons. The van der Waals surface area contributed by atoms with Crippen molar-refractivity contribution in [3.05, 3.63) is 18.3 Å². The van der Waals surface area contributed by atoms with Gasteiger partial charge in [0.15, 0.2) is 0 Å². The van der Waals surface area contributed by atoms with Gasteiger partial charge in [-0.1, -0.05) is 0 Å². The average molecular weight is 246 g/mol. The predicted octanol–water partition coefficient (Wildman–Crippen LogP) is 1.76. The van der Waals surface area contributed by atoms with Crippen molar-refractivity contribution in [3.63, 3.8) is 0 Å². The van der Waals surface area contributed by atoms with Crippen molar-refractivity contribution in [1.82, 2.24) is 10.2 Å². The summed E-state index contributed by atoms with van der Waals surface area (Å²) >= 11 is 0. The van der Waals surface area contributed by atoms with E-state index in [0.717, 1.165) is 35.4 Å². The second-order valence-corrected chi connectivity index (χ2v) is 4.79. The van der Waals surface area contributed by atoms with Crippen LogP contribution in [0.25, 0.3) is 10.9 Å². The fraction of sp³-hybridized carbons (Fsp3) is 0.462. The zero-order chi connectivity index (χ0) is 12.5. The normalized spacial score (nSPS) is 15.2. The van der Waals surface area contributed by atoms with Crippen LogP contribution < -0.4 is 10.6 Å². The molecule has 0 atom stereocenters. The van der Waals surface area contributed by atoms with Crippen LogP contribution in [0.2, 0.25) is 0 Å². The number of hydrogen-bond acceptors (Lipinski definition) is 4. The fourth-order valence-corrected chi connectivity index (χ4v) is 2.32. The van der Waals surface area contributed by atoms with Crippen molar-refractivity contribution in [2.24, 2.45) is 0 Å². The van der Waals surface area contributed by atoms with Crippen LogP contribution in [0.4, 0.5) is 11.4 Å². The first-order valence-corrected chi connectivity index (χ1v) is 6.28. The summed E-state index contributed by atoms with van der Waals surface area (Å²) in [6, 6.07) is 4.69. The highest BCUT2D eigenvalue weighted by Gasteiger charge is 2.30. The standard InChI is InChI=1S/C13H18N4O/c1-18-5-4-17(10-2-3-10)13-7-12-9(6-11(13)14)8-15-16-12/h6-8,10H,2-5,14H2,1H3,(H,15,16). The first-order valence-electron chi connectivity index (χ1n) is 6.28. The van der Waals surface area contributed by atoms with Crippen LogP contribution in [-0.2, 0) is 4.74 Å². The monoisotopic (exact) mass is 246 g/mol. The molecule has 2 aromatic rings.